The monoisotopic (exact) mass is 331 g/mol. The van der Waals surface area contributed by atoms with Gasteiger partial charge in [-0.1, -0.05) is 0 Å². The molecule has 1 aromatic carbocycles. The molecule has 0 saturated carbocycles. The van der Waals surface area contributed by atoms with Gasteiger partial charge in [0.2, 0.25) is 0 Å². The van der Waals surface area contributed by atoms with Crippen molar-refractivity contribution in [3.63, 3.8) is 0 Å². The molecule has 5 heteroatoms. The summed E-state index contributed by atoms with van der Waals surface area (Å²) in [6.07, 6.45) is 0. The molecule has 0 spiro atoms. The molecule has 0 radical (unpaired) electrons. The molecule has 0 aliphatic carbocycles. The van der Waals surface area contributed by atoms with E-state index in [1.165, 1.54) is 0 Å². The second-order valence-corrected chi connectivity index (χ2v) is 5.21. The van der Waals surface area contributed by atoms with Crippen molar-refractivity contribution in [1.82, 2.24) is 4.98 Å². The van der Waals surface area contributed by atoms with Crippen LogP contribution in [0.15, 0.2) is 28.7 Å². The van der Waals surface area contributed by atoms with Crippen molar-refractivity contribution in [2.45, 2.75) is 13.8 Å². The first-order valence-electron chi connectivity index (χ1n) is 6.04. The topological polar surface area (TPSA) is 57.9 Å². The van der Waals surface area contributed by atoms with Crippen molar-refractivity contribution in [2.24, 2.45) is 0 Å². The first kappa shape index (κ1) is 14.4. The lowest BCUT2D eigenvalue weighted by molar-refractivity contribution is 0.415. The van der Waals surface area contributed by atoms with Crippen molar-refractivity contribution < 1.29 is 4.74 Å². The number of rotatable bonds is 3. The minimum Gasteiger partial charge on any atom is -0.497 e. The zero-order valence-electron chi connectivity index (χ0n) is 11.5. The number of halogens is 1. The fourth-order valence-electron chi connectivity index (χ4n) is 1.94. The Hall–Kier alpha value is -2.06. The fraction of sp³-hybridized carbons (Fsp3) is 0.200. The van der Waals surface area contributed by atoms with Gasteiger partial charge in [0.1, 0.15) is 11.8 Å². The van der Waals surface area contributed by atoms with Crippen LogP contribution in [-0.2, 0) is 0 Å². The Kier molecular flexibility index (Phi) is 4.26. The average Bonchev–Trinajstić information content (AvgIpc) is 2.41. The number of nitrogens with zero attached hydrogens (tertiary/aromatic N) is 2. The lowest BCUT2D eigenvalue weighted by Crippen LogP contribution is -2.00. The van der Waals surface area contributed by atoms with Crippen LogP contribution in [0.4, 0.5) is 11.4 Å². The lowest BCUT2D eigenvalue weighted by atomic mass is 10.1. The third-order valence-corrected chi connectivity index (χ3v) is 3.57. The van der Waals surface area contributed by atoms with Crippen LogP contribution in [0.1, 0.15) is 17.0 Å². The Labute approximate surface area is 126 Å². The predicted octanol–water partition coefficient (Wildman–Crippen LogP) is 4.08. The maximum Gasteiger partial charge on any atom is 0.121 e. The van der Waals surface area contributed by atoms with Gasteiger partial charge in [0.25, 0.3) is 0 Å². The maximum absolute atomic E-state index is 9.27. The largest absolute Gasteiger partial charge is 0.497 e. The second kappa shape index (κ2) is 5.93. The van der Waals surface area contributed by atoms with Crippen LogP contribution < -0.4 is 10.1 Å². The SMILES string of the molecule is COc1ccc(Br)c(Nc2cc(C)nc(C)c2C#N)c1. The summed E-state index contributed by atoms with van der Waals surface area (Å²) in [6.45, 7) is 3.73. The molecule has 0 amide bonds. The van der Waals surface area contributed by atoms with Gasteiger partial charge in [-0.05, 0) is 48.0 Å². The average molecular weight is 332 g/mol. The molecule has 0 saturated heterocycles. The van der Waals surface area contributed by atoms with Gasteiger partial charge >= 0.3 is 0 Å². The van der Waals surface area contributed by atoms with Gasteiger partial charge in [0, 0.05) is 16.2 Å². The Morgan fingerprint density at radius 1 is 1.25 bits per heavy atom. The maximum atomic E-state index is 9.27. The third-order valence-electron chi connectivity index (χ3n) is 2.88. The summed E-state index contributed by atoms with van der Waals surface area (Å²) < 4.78 is 6.11. The number of nitrogens with one attached hydrogen (secondary N) is 1. The highest BCUT2D eigenvalue weighted by atomic mass is 79.9. The number of anilines is 2. The van der Waals surface area contributed by atoms with Gasteiger partial charge in [-0.15, -0.1) is 0 Å². The van der Waals surface area contributed by atoms with Crippen LogP contribution in [0.3, 0.4) is 0 Å². The number of pyridine rings is 1. The smallest absolute Gasteiger partial charge is 0.121 e. The second-order valence-electron chi connectivity index (χ2n) is 4.35. The molecule has 2 aromatic rings. The molecule has 0 bridgehead atoms. The summed E-state index contributed by atoms with van der Waals surface area (Å²) in [5, 5.41) is 12.5. The van der Waals surface area contributed by atoms with E-state index in [-0.39, 0.29) is 0 Å². The summed E-state index contributed by atoms with van der Waals surface area (Å²) in [5.74, 6) is 0.747. The normalized spacial score (nSPS) is 9.95. The minimum absolute atomic E-state index is 0.547. The number of methoxy groups -OCH3 is 1. The molecule has 1 N–H and O–H groups in total. The summed E-state index contributed by atoms with van der Waals surface area (Å²) >= 11 is 3.48. The highest BCUT2D eigenvalue weighted by Gasteiger charge is 2.10. The molecule has 0 unspecified atom stereocenters. The number of nitriles is 1. The van der Waals surface area contributed by atoms with Crippen molar-refractivity contribution in [3.8, 4) is 11.8 Å². The van der Waals surface area contributed by atoms with Gasteiger partial charge < -0.3 is 10.1 Å². The molecule has 20 heavy (non-hydrogen) atoms. The summed E-state index contributed by atoms with van der Waals surface area (Å²) in [7, 11) is 1.62. The van der Waals surface area contributed by atoms with E-state index in [9.17, 15) is 5.26 Å². The minimum atomic E-state index is 0.547. The van der Waals surface area contributed by atoms with Gasteiger partial charge in [0.05, 0.1) is 29.7 Å². The van der Waals surface area contributed by atoms with Crippen molar-refractivity contribution in [2.75, 3.05) is 12.4 Å². The third kappa shape index (κ3) is 2.91. The number of aromatic nitrogens is 1. The molecule has 1 aromatic heterocycles. The van der Waals surface area contributed by atoms with E-state index in [1.807, 2.05) is 38.1 Å². The Bertz CT molecular complexity index is 692. The van der Waals surface area contributed by atoms with Gasteiger partial charge in [-0.25, -0.2) is 0 Å². The first-order chi connectivity index (χ1) is 9.55. The van der Waals surface area contributed by atoms with Crippen LogP contribution in [0.5, 0.6) is 5.75 Å². The number of aryl methyl sites for hydroxylation is 2. The van der Waals surface area contributed by atoms with Crippen molar-refractivity contribution in [3.05, 3.63) is 45.7 Å². The molecule has 0 aliphatic rings. The van der Waals surface area contributed by atoms with Gasteiger partial charge in [0.15, 0.2) is 0 Å². The zero-order valence-corrected chi connectivity index (χ0v) is 13.1. The molecule has 4 nitrogen and oxygen atoms in total. The molecular weight excluding hydrogens is 318 g/mol. The highest BCUT2D eigenvalue weighted by Crippen LogP contribution is 2.31. The Morgan fingerprint density at radius 2 is 2.00 bits per heavy atom. The van der Waals surface area contributed by atoms with E-state index in [0.717, 1.165) is 27.3 Å². The molecule has 2 rings (SSSR count). The van der Waals surface area contributed by atoms with E-state index >= 15 is 0 Å². The first-order valence-corrected chi connectivity index (χ1v) is 6.83. The summed E-state index contributed by atoms with van der Waals surface area (Å²) in [4.78, 5) is 4.30. The molecule has 0 aliphatic heterocycles. The van der Waals surface area contributed by atoms with E-state index in [1.54, 1.807) is 7.11 Å². The van der Waals surface area contributed by atoms with E-state index in [2.05, 4.69) is 32.3 Å². The van der Waals surface area contributed by atoms with E-state index in [0.29, 0.717) is 11.3 Å². The standard InChI is InChI=1S/C15H14BrN3O/c1-9-6-14(12(8-17)10(2)18-9)19-15-7-11(20-3)4-5-13(15)16/h4-7H,1-3H3,(H,18,19). The number of ether oxygens (including phenoxy) is 1. The van der Waals surface area contributed by atoms with Crippen molar-refractivity contribution in [1.29, 1.82) is 5.26 Å². The number of hydrogen-bond donors (Lipinski definition) is 1. The van der Waals surface area contributed by atoms with Crippen LogP contribution in [-0.4, -0.2) is 12.1 Å². The number of hydrogen-bond acceptors (Lipinski definition) is 4. The summed E-state index contributed by atoms with van der Waals surface area (Å²) in [5.41, 5.74) is 3.71. The summed E-state index contributed by atoms with van der Waals surface area (Å²) in [6, 6.07) is 9.68. The number of benzene rings is 1. The van der Waals surface area contributed by atoms with Crippen LogP contribution in [0, 0.1) is 25.2 Å². The van der Waals surface area contributed by atoms with Gasteiger partial charge in [-0.3, -0.25) is 4.98 Å². The predicted molar refractivity (Wildman–Crippen MR) is 82.4 cm³/mol. The lowest BCUT2D eigenvalue weighted by Gasteiger charge is -2.13. The molecule has 102 valence electrons. The fourth-order valence-corrected chi connectivity index (χ4v) is 2.29. The van der Waals surface area contributed by atoms with Gasteiger partial charge in [-0.2, -0.15) is 5.26 Å². The molecular formula is C15H14BrN3O. The quantitative estimate of drug-likeness (QED) is 0.920. The van der Waals surface area contributed by atoms with Crippen LogP contribution in [0.25, 0.3) is 0 Å². The Morgan fingerprint density at radius 3 is 2.65 bits per heavy atom. The molecule has 0 atom stereocenters. The molecule has 1 heterocycles. The van der Waals surface area contributed by atoms with Crippen molar-refractivity contribution >= 4 is 27.3 Å². The van der Waals surface area contributed by atoms with E-state index < -0.39 is 0 Å². The van der Waals surface area contributed by atoms with Crippen LogP contribution >= 0.6 is 15.9 Å². The zero-order chi connectivity index (χ0) is 14.7. The molecule has 0 fully saturated rings. The van der Waals surface area contributed by atoms with Crippen LogP contribution in [0.2, 0.25) is 0 Å². The Balaban J connectivity index is 2.47. The van der Waals surface area contributed by atoms with E-state index in [4.69, 9.17) is 4.74 Å². The highest BCUT2D eigenvalue weighted by molar-refractivity contribution is 9.10.